The molecule has 0 spiro atoms. The molecule has 1 aliphatic rings. The molecule has 0 saturated carbocycles. The third kappa shape index (κ3) is 3.71. The van der Waals surface area contributed by atoms with Crippen LogP contribution in [0, 0.1) is 13.8 Å². The minimum atomic E-state index is -0.475. The van der Waals surface area contributed by atoms with E-state index in [4.69, 9.17) is 5.73 Å². The number of aliphatic hydroxyl groups excluding tert-OH is 1. The summed E-state index contributed by atoms with van der Waals surface area (Å²) in [6, 6.07) is 2.25. The number of aliphatic hydroxyl groups is 1. The fraction of sp³-hybridized carbons (Fsp3) is 0.600. The Morgan fingerprint density at radius 1 is 1.57 bits per heavy atom. The molecule has 1 amide bonds. The van der Waals surface area contributed by atoms with Crippen LogP contribution in [-0.4, -0.2) is 48.3 Å². The Labute approximate surface area is 125 Å². The number of aryl methyl sites for hydroxylation is 2. The van der Waals surface area contributed by atoms with Crippen LogP contribution in [0.5, 0.6) is 0 Å². The van der Waals surface area contributed by atoms with Crippen LogP contribution < -0.4 is 16.0 Å². The van der Waals surface area contributed by atoms with Crippen LogP contribution in [0.4, 0.5) is 5.69 Å². The molecule has 1 aromatic heterocycles. The summed E-state index contributed by atoms with van der Waals surface area (Å²) >= 11 is 0. The molecule has 116 valence electrons. The molecule has 2 rings (SSSR count). The highest BCUT2D eigenvalue weighted by molar-refractivity contribution is 5.99. The summed E-state index contributed by atoms with van der Waals surface area (Å²) in [4.78, 5) is 18.1. The van der Waals surface area contributed by atoms with Gasteiger partial charge in [-0.05, 0) is 39.3 Å². The molecule has 1 atom stereocenters. The number of nitrogens with one attached hydrogen (secondary N) is 1. The first kappa shape index (κ1) is 15.7. The van der Waals surface area contributed by atoms with Gasteiger partial charge in [-0.2, -0.15) is 0 Å². The highest BCUT2D eigenvalue weighted by Gasteiger charge is 2.23. The van der Waals surface area contributed by atoms with Gasteiger partial charge in [-0.1, -0.05) is 0 Å². The van der Waals surface area contributed by atoms with Crippen molar-refractivity contribution in [1.82, 2.24) is 10.3 Å². The maximum atomic E-state index is 11.8. The molecule has 1 unspecified atom stereocenters. The van der Waals surface area contributed by atoms with Gasteiger partial charge in [0.2, 0.25) is 0 Å². The number of rotatable bonds is 6. The molecular formula is C15H24N4O2. The molecule has 6 heteroatoms. The van der Waals surface area contributed by atoms with Gasteiger partial charge < -0.3 is 21.1 Å². The quantitative estimate of drug-likeness (QED) is 0.703. The average molecular weight is 292 g/mol. The van der Waals surface area contributed by atoms with Crippen molar-refractivity contribution in [1.29, 1.82) is 0 Å². The normalized spacial score (nSPS) is 18.0. The van der Waals surface area contributed by atoms with Crippen molar-refractivity contribution in [2.75, 3.05) is 31.1 Å². The Balaban J connectivity index is 2.35. The summed E-state index contributed by atoms with van der Waals surface area (Å²) in [7, 11) is 0. The lowest BCUT2D eigenvalue weighted by Crippen LogP contribution is -2.40. The summed E-state index contributed by atoms with van der Waals surface area (Å²) in [6.45, 7) is 5.97. The van der Waals surface area contributed by atoms with E-state index >= 15 is 0 Å². The minimum absolute atomic E-state index is 0.0331. The molecule has 1 aliphatic heterocycles. The van der Waals surface area contributed by atoms with E-state index < -0.39 is 5.91 Å². The van der Waals surface area contributed by atoms with E-state index in [9.17, 15) is 9.90 Å². The van der Waals surface area contributed by atoms with Crippen LogP contribution in [0.15, 0.2) is 6.07 Å². The summed E-state index contributed by atoms with van der Waals surface area (Å²) < 4.78 is 0. The number of nitrogens with zero attached hydrogens (tertiary/aromatic N) is 2. The monoisotopic (exact) mass is 292 g/mol. The first-order valence-electron chi connectivity index (χ1n) is 7.40. The van der Waals surface area contributed by atoms with Gasteiger partial charge >= 0.3 is 0 Å². The number of hydrogen-bond donors (Lipinski definition) is 3. The molecule has 6 nitrogen and oxygen atoms in total. The highest BCUT2D eigenvalue weighted by Crippen LogP contribution is 2.24. The zero-order valence-electron chi connectivity index (χ0n) is 12.7. The predicted molar refractivity (Wildman–Crippen MR) is 82.6 cm³/mol. The van der Waals surface area contributed by atoms with Gasteiger partial charge in [0, 0.05) is 24.8 Å². The standard InChI is InChI=1S/C15H24N4O2/c1-10-8-13(14(15(16)21)11(2)18-10)19(6-7-20)9-12-4-3-5-17-12/h8,12,17,20H,3-7,9H2,1-2H3,(H2,16,21). The van der Waals surface area contributed by atoms with Crippen LogP contribution in [-0.2, 0) is 0 Å². The van der Waals surface area contributed by atoms with Crippen molar-refractivity contribution < 1.29 is 9.90 Å². The first-order valence-corrected chi connectivity index (χ1v) is 7.40. The van der Waals surface area contributed by atoms with Crippen LogP contribution in [0.2, 0.25) is 0 Å². The van der Waals surface area contributed by atoms with Gasteiger partial charge in [-0.3, -0.25) is 9.78 Å². The number of carbonyl (C=O) groups is 1. The Hall–Kier alpha value is -1.66. The second-order valence-corrected chi connectivity index (χ2v) is 5.57. The lowest BCUT2D eigenvalue weighted by molar-refractivity contribution is 0.0999. The largest absolute Gasteiger partial charge is 0.395 e. The number of carbonyl (C=O) groups excluding carboxylic acids is 1. The second-order valence-electron chi connectivity index (χ2n) is 5.57. The summed E-state index contributed by atoms with van der Waals surface area (Å²) in [6.07, 6.45) is 2.27. The summed E-state index contributed by atoms with van der Waals surface area (Å²) in [5.74, 6) is -0.475. The number of anilines is 1. The van der Waals surface area contributed by atoms with E-state index in [2.05, 4.69) is 10.3 Å². The molecule has 0 radical (unpaired) electrons. The van der Waals surface area contributed by atoms with Gasteiger partial charge in [0.25, 0.3) is 5.91 Å². The third-order valence-corrected chi connectivity index (χ3v) is 3.87. The van der Waals surface area contributed by atoms with Crippen LogP contribution in [0.1, 0.15) is 34.6 Å². The molecule has 4 N–H and O–H groups in total. The second kappa shape index (κ2) is 6.87. The van der Waals surface area contributed by atoms with E-state index in [-0.39, 0.29) is 6.61 Å². The number of hydrogen-bond acceptors (Lipinski definition) is 5. The van der Waals surface area contributed by atoms with Crippen molar-refractivity contribution in [3.05, 3.63) is 23.0 Å². The van der Waals surface area contributed by atoms with E-state index in [1.165, 1.54) is 0 Å². The zero-order valence-corrected chi connectivity index (χ0v) is 12.7. The summed E-state index contributed by atoms with van der Waals surface area (Å²) in [5.41, 5.74) is 8.23. The molecule has 1 aromatic rings. The van der Waals surface area contributed by atoms with Gasteiger partial charge in [0.15, 0.2) is 0 Å². The maximum absolute atomic E-state index is 11.8. The molecule has 1 saturated heterocycles. The average Bonchev–Trinajstić information content (AvgIpc) is 2.89. The van der Waals surface area contributed by atoms with Crippen molar-refractivity contribution in [2.45, 2.75) is 32.7 Å². The van der Waals surface area contributed by atoms with E-state index in [1.54, 1.807) is 6.92 Å². The fourth-order valence-electron chi connectivity index (χ4n) is 2.97. The molecule has 0 aromatic carbocycles. The number of aromatic nitrogens is 1. The summed E-state index contributed by atoms with van der Waals surface area (Å²) in [5, 5.41) is 12.8. The number of pyridine rings is 1. The van der Waals surface area contributed by atoms with Gasteiger partial charge in [0.05, 0.1) is 23.6 Å². The molecular weight excluding hydrogens is 268 g/mol. The van der Waals surface area contributed by atoms with E-state index in [1.807, 2.05) is 17.9 Å². The molecule has 21 heavy (non-hydrogen) atoms. The van der Waals surface area contributed by atoms with E-state index in [0.29, 0.717) is 23.8 Å². The Morgan fingerprint density at radius 2 is 2.33 bits per heavy atom. The van der Waals surface area contributed by atoms with E-state index in [0.717, 1.165) is 37.3 Å². The molecule has 2 heterocycles. The SMILES string of the molecule is Cc1cc(N(CCO)CC2CCCN2)c(C(N)=O)c(C)n1. The minimum Gasteiger partial charge on any atom is -0.395 e. The van der Waals surface area contributed by atoms with Gasteiger partial charge in [-0.15, -0.1) is 0 Å². The van der Waals surface area contributed by atoms with Crippen LogP contribution in [0.25, 0.3) is 0 Å². The number of nitrogens with two attached hydrogens (primary N) is 1. The number of amides is 1. The van der Waals surface area contributed by atoms with Crippen molar-refractivity contribution in [3.63, 3.8) is 0 Å². The molecule has 0 aliphatic carbocycles. The van der Waals surface area contributed by atoms with Crippen molar-refractivity contribution in [3.8, 4) is 0 Å². The smallest absolute Gasteiger partial charge is 0.252 e. The van der Waals surface area contributed by atoms with Gasteiger partial charge in [0.1, 0.15) is 0 Å². The van der Waals surface area contributed by atoms with Crippen molar-refractivity contribution >= 4 is 11.6 Å². The fourth-order valence-corrected chi connectivity index (χ4v) is 2.97. The Bertz CT molecular complexity index is 513. The van der Waals surface area contributed by atoms with Gasteiger partial charge in [-0.25, -0.2) is 0 Å². The first-order chi connectivity index (χ1) is 10.0. The third-order valence-electron chi connectivity index (χ3n) is 3.87. The van der Waals surface area contributed by atoms with Crippen LogP contribution >= 0.6 is 0 Å². The zero-order chi connectivity index (χ0) is 15.4. The van der Waals surface area contributed by atoms with Crippen molar-refractivity contribution in [2.24, 2.45) is 5.73 Å². The molecule has 0 bridgehead atoms. The Morgan fingerprint density at radius 3 is 2.90 bits per heavy atom. The lowest BCUT2D eigenvalue weighted by atomic mass is 10.1. The Kier molecular flexibility index (Phi) is 5.14. The topological polar surface area (TPSA) is 91.5 Å². The highest BCUT2D eigenvalue weighted by atomic mass is 16.3. The molecule has 1 fully saturated rings. The maximum Gasteiger partial charge on any atom is 0.252 e. The lowest BCUT2D eigenvalue weighted by Gasteiger charge is -2.29. The number of primary amides is 1. The van der Waals surface area contributed by atoms with Crippen LogP contribution in [0.3, 0.4) is 0 Å². The predicted octanol–water partition coefficient (Wildman–Crippen LogP) is 0.348.